The van der Waals surface area contributed by atoms with Gasteiger partial charge in [0.15, 0.2) is 0 Å². The highest BCUT2D eigenvalue weighted by Crippen LogP contribution is 2.08. The van der Waals surface area contributed by atoms with E-state index in [4.69, 9.17) is 9.84 Å². The Morgan fingerprint density at radius 2 is 1.86 bits per heavy atom. The average Bonchev–Trinajstić information content (AvgIpc) is 2.44. The van der Waals surface area contributed by atoms with Crippen molar-refractivity contribution in [2.24, 2.45) is 0 Å². The lowest BCUT2D eigenvalue weighted by Gasteiger charge is -2.10. The van der Waals surface area contributed by atoms with Gasteiger partial charge >= 0.3 is 12.0 Å². The molecule has 1 rings (SSSR count). The number of carbonyl (C=O) groups is 2. The van der Waals surface area contributed by atoms with Gasteiger partial charge in [0, 0.05) is 13.1 Å². The van der Waals surface area contributed by atoms with Crippen LogP contribution in [0.2, 0.25) is 0 Å². The van der Waals surface area contributed by atoms with Gasteiger partial charge in [-0.1, -0.05) is 18.2 Å². The third-order valence-corrected chi connectivity index (χ3v) is 2.77. The summed E-state index contributed by atoms with van der Waals surface area (Å²) in [5, 5.41) is 14.4. The summed E-state index contributed by atoms with van der Waals surface area (Å²) < 4.78 is 5.30. The van der Waals surface area contributed by atoms with Gasteiger partial charge in [-0.25, -0.2) is 9.59 Å². The van der Waals surface area contributed by atoms with Crippen molar-refractivity contribution in [2.45, 2.75) is 26.4 Å². The van der Waals surface area contributed by atoms with E-state index in [0.717, 1.165) is 0 Å². The minimum absolute atomic E-state index is 0.141. The SMILES string of the molecule is CC(C)OCCNC(=O)NCCc1ccccc1C(=O)O. The van der Waals surface area contributed by atoms with Crippen LogP contribution in [0.25, 0.3) is 0 Å². The fourth-order valence-electron chi connectivity index (χ4n) is 1.78. The first kappa shape index (κ1) is 17.0. The molecule has 2 amide bonds. The molecule has 6 nitrogen and oxygen atoms in total. The van der Waals surface area contributed by atoms with E-state index >= 15 is 0 Å². The number of benzene rings is 1. The van der Waals surface area contributed by atoms with Gasteiger partial charge in [0.1, 0.15) is 0 Å². The van der Waals surface area contributed by atoms with Crippen molar-refractivity contribution in [2.75, 3.05) is 19.7 Å². The number of rotatable bonds is 8. The molecule has 0 aromatic heterocycles. The molecule has 0 atom stereocenters. The molecule has 1 aromatic carbocycles. The fourth-order valence-corrected chi connectivity index (χ4v) is 1.78. The number of carbonyl (C=O) groups excluding carboxylic acids is 1. The number of hydrogen-bond donors (Lipinski definition) is 3. The number of nitrogens with one attached hydrogen (secondary N) is 2. The first-order chi connectivity index (χ1) is 10.0. The average molecular weight is 294 g/mol. The summed E-state index contributed by atoms with van der Waals surface area (Å²) in [6, 6.07) is 6.49. The largest absolute Gasteiger partial charge is 0.478 e. The molecule has 116 valence electrons. The molecule has 0 fully saturated rings. The number of amides is 2. The molecule has 0 bridgehead atoms. The van der Waals surface area contributed by atoms with Crippen molar-refractivity contribution in [1.29, 1.82) is 0 Å². The number of ether oxygens (including phenoxy) is 1. The first-order valence-corrected chi connectivity index (χ1v) is 6.95. The van der Waals surface area contributed by atoms with Gasteiger partial charge in [0.2, 0.25) is 0 Å². The first-order valence-electron chi connectivity index (χ1n) is 6.95. The second kappa shape index (κ2) is 8.97. The number of urea groups is 1. The van der Waals surface area contributed by atoms with Gasteiger partial charge < -0.3 is 20.5 Å². The van der Waals surface area contributed by atoms with E-state index in [1.807, 2.05) is 13.8 Å². The molecule has 0 saturated heterocycles. The highest BCUT2D eigenvalue weighted by atomic mass is 16.5. The fraction of sp³-hybridized carbons (Fsp3) is 0.467. The standard InChI is InChI=1S/C15H22N2O4/c1-11(2)21-10-9-17-15(20)16-8-7-12-5-3-4-6-13(12)14(18)19/h3-6,11H,7-10H2,1-2H3,(H,18,19)(H2,16,17,20). The Hall–Kier alpha value is -2.08. The number of aromatic carboxylic acids is 1. The molecule has 0 saturated carbocycles. The molecule has 0 aliphatic heterocycles. The number of carboxylic acid groups (broad SMARTS) is 1. The van der Waals surface area contributed by atoms with E-state index in [0.29, 0.717) is 31.7 Å². The van der Waals surface area contributed by atoms with E-state index in [9.17, 15) is 9.59 Å². The van der Waals surface area contributed by atoms with Crippen LogP contribution >= 0.6 is 0 Å². The zero-order chi connectivity index (χ0) is 15.7. The summed E-state index contributed by atoms with van der Waals surface area (Å²) in [5.74, 6) is -0.958. The molecule has 0 aliphatic rings. The third kappa shape index (κ3) is 6.76. The van der Waals surface area contributed by atoms with E-state index < -0.39 is 5.97 Å². The molecule has 1 aromatic rings. The molecule has 0 heterocycles. The summed E-state index contributed by atoms with van der Waals surface area (Å²) in [6.45, 7) is 5.14. The topological polar surface area (TPSA) is 87.7 Å². The predicted molar refractivity (Wildman–Crippen MR) is 79.6 cm³/mol. The lowest BCUT2D eigenvalue weighted by Crippen LogP contribution is -2.38. The van der Waals surface area contributed by atoms with Gasteiger partial charge in [-0.15, -0.1) is 0 Å². The summed E-state index contributed by atoms with van der Waals surface area (Å²) in [4.78, 5) is 22.5. The minimum Gasteiger partial charge on any atom is -0.478 e. The minimum atomic E-state index is -0.958. The van der Waals surface area contributed by atoms with E-state index in [-0.39, 0.29) is 17.7 Å². The van der Waals surface area contributed by atoms with Crippen molar-refractivity contribution < 1.29 is 19.4 Å². The van der Waals surface area contributed by atoms with Crippen LogP contribution in [0.4, 0.5) is 4.79 Å². The van der Waals surface area contributed by atoms with Gasteiger partial charge in [0.05, 0.1) is 18.3 Å². The molecule has 6 heteroatoms. The van der Waals surface area contributed by atoms with Gasteiger partial charge in [-0.3, -0.25) is 0 Å². The molecule has 3 N–H and O–H groups in total. The van der Waals surface area contributed by atoms with Crippen LogP contribution < -0.4 is 10.6 Å². The summed E-state index contributed by atoms with van der Waals surface area (Å²) >= 11 is 0. The zero-order valence-corrected chi connectivity index (χ0v) is 12.4. The molecular weight excluding hydrogens is 272 g/mol. The van der Waals surface area contributed by atoms with E-state index in [2.05, 4.69) is 10.6 Å². The van der Waals surface area contributed by atoms with Crippen LogP contribution in [-0.4, -0.2) is 42.9 Å². The van der Waals surface area contributed by atoms with Crippen molar-refractivity contribution in [1.82, 2.24) is 10.6 Å². The molecule has 0 spiro atoms. The van der Waals surface area contributed by atoms with Crippen LogP contribution in [0.3, 0.4) is 0 Å². The number of carboxylic acids is 1. The lowest BCUT2D eigenvalue weighted by molar-refractivity contribution is 0.0695. The Labute approximate surface area is 124 Å². The highest BCUT2D eigenvalue weighted by Gasteiger charge is 2.08. The van der Waals surface area contributed by atoms with E-state index in [1.165, 1.54) is 0 Å². The second-order valence-corrected chi connectivity index (χ2v) is 4.81. The van der Waals surface area contributed by atoms with Crippen LogP contribution in [0, 0.1) is 0 Å². The summed E-state index contributed by atoms with van der Waals surface area (Å²) in [7, 11) is 0. The Morgan fingerprint density at radius 3 is 2.52 bits per heavy atom. The smallest absolute Gasteiger partial charge is 0.335 e. The van der Waals surface area contributed by atoms with Gasteiger partial charge in [-0.2, -0.15) is 0 Å². The van der Waals surface area contributed by atoms with Crippen molar-refractivity contribution in [3.05, 3.63) is 35.4 Å². The van der Waals surface area contributed by atoms with Crippen LogP contribution in [0.5, 0.6) is 0 Å². The number of hydrogen-bond acceptors (Lipinski definition) is 3. The maximum Gasteiger partial charge on any atom is 0.335 e. The van der Waals surface area contributed by atoms with Crippen LogP contribution in [0.15, 0.2) is 24.3 Å². The van der Waals surface area contributed by atoms with Gasteiger partial charge in [-0.05, 0) is 31.9 Å². The second-order valence-electron chi connectivity index (χ2n) is 4.81. The maximum absolute atomic E-state index is 11.5. The molecule has 0 unspecified atom stereocenters. The summed E-state index contributed by atoms with van der Waals surface area (Å²) in [6.07, 6.45) is 0.612. The molecule has 0 radical (unpaired) electrons. The Morgan fingerprint density at radius 1 is 1.19 bits per heavy atom. The molecule has 0 aliphatic carbocycles. The zero-order valence-electron chi connectivity index (χ0n) is 12.4. The van der Waals surface area contributed by atoms with Crippen molar-refractivity contribution in [3.63, 3.8) is 0 Å². The Kier molecular flexibility index (Phi) is 7.25. The quantitative estimate of drug-likeness (QED) is 0.636. The Balaban J connectivity index is 2.27. The normalized spacial score (nSPS) is 10.4. The van der Waals surface area contributed by atoms with Crippen LogP contribution in [-0.2, 0) is 11.2 Å². The lowest BCUT2D eigenvalue weighted by atomic mass is 10.0. The maximum atomic E-state index is 11.5. The Bertz CT molecular complexity index is 474. The van der Waals surface area contributed by atoms with Gasteiger partial charge in [0.25, 0.3) is 0 Å². The summed E-state index contributed by atoms with van der Waals surface area (Å²) in [5.41, 5.74) is 0.971. The third-order valence-electron chi connectivity index (χ3n) is 2.77. The molecular formula is C15H22N2O4. The van der Waals surface area contributed by atoms with E-state index in [1.54, 1.807) is 24.3 Å². The van der Waals surface area contributed by atoms with Crippen molar-refractivity contribution >= 4 is 12.0 Å². The molecule has 21 heavy (non-hydrogen) atoms. The van der Waals surface area contributed by atoms with Crippen molar-refractivity contribution in [3.8, 4) is 0 Å². The van der Waals surface area contributed by atoms with Crippen LogP contribution in [0.1, 0.15) is 29.8 Å². The monoisotopic (exact) mass is 294 g/mol. The predicted octanol–water partition coefficient (Wildman–Crippen LogP) is 1.65. The highest BCUT2D eigenvalue weighted by molar-refractivity contribution is 5.89.